The smallest absolute Gasteiger partial charge is 0.145 e. The molecular weight excluding hydrogens is 253 g/mol. The van der Waals surface area contributed by atoms with Gasteiger partial charge in [0.25, 0.3) is 0 Å². The maximum absolute atomic E-state index is 12.9. The Hall–Kier alpha value is -2.12. The Morgan fingerprint density at radius 1 is 1.39 bits per heavy atom. The number of benzene rings is 1. The molecule has 0 amide bonds. The molecule has 0 atom stereocenters. The molecule has 0 fully saturated rings. The summed E-state index contributed by atoms with van der Waals surface area (Å²) in [5.74, 6) is -0.385. The highest BCUT2D eigenvalue weighted by Gasteiger charge is 2.04. The molecule has 2 rings (SSSR count). The summed E-state index contributed by atoms with van der Waals surface area (Å²) < 4.78 is 12.9. The molecule has 3 nitrogen and oxygen atoms in total. The number of nitriles is 1. The van der Waals surface area contributed by atoms with Crippen molar-refractivity contribution >= 4 is 17.3 Å². The maximum Gasteiger partial charge on any atom is 0.145 e. The number of nitrogens with zero attached hydrogens (tertiary/aromatic N) is 2. The van der Waals surface area contributed by atoms with Crippen LogP contribution in [0.1, 0.15) is 11.3 Å². The summed E-state index contributed by atoms with van der Waals surface area (Å²) >= 11 is 5.89. The lowest BCUT2D eigenvalue weighted by Crippen LogP contribution is -2.03. The molecule has 0 spiro atoms. The molecule has 0 radical (unpaired) electrons. The van der Waals surface area contributed by atoms with Gasteiger partial charge in [-0.2, -0.15) is 5.26 Å². The van der Waals surface area contributed by atoms with Gasteiger partial charge in [-0.25, -0.2) is 9.37 Å². The van der Waals surface area contributed by atoms with E-state index in [4.69, 9.17) is 16.9 Å². The van der Waals surface area contributed by atoms with E-state index < -0.39 is 0 Å². The van der Waals surface area contributed by atoms with Gasteiger partial charge >= 0.3 is 0 Å². The number of rotatable bonds is 3. The molecule has 1 aromatic heterocycles. The minimum Gasteiger partial charge on any atom is -0.380 e. The van der Waals surface area contributed by atoms with Crippen molar-refractivity contribution in [1.82, 2.24) is 4.98 Å². The van der Waals surface area contributed by atoms with Gasteiger partial charge < -0.3 is 5.32 Å². The molecular formula is C13H9ClFN3. The zero-order valence-corrected chi connectivity index (χ0v) is 10.1. The molecule has 5 heteroatoms. The molecule has 0 saturated carbocycles. The average Bonchev–Trinajstić information content (AvgIpc) is 2.38. The Balaban J connectivity index is 2.14. The first-order valence-electron chi connectivity index (χ1n) is 5.23. The topological polar surface area (TPSA) is 48.7 Å². The third-order valence-electron chi connectivity index (χ3n) is 2.40. The van der Waals surface area contributed by atoms with E-state index >= 15 is 0 Å². The van der Waals surface area contributed by atoms with Gasteiger partial charge in [-0.05, 0) is 24.3 Å². The van der Waals surface area contributed by atoms with Crippen molar-refractivity contribution in [3.63, 3.8) is 0 Å². The van der Waals surface area contributed by atoms with Gasteiger partial charge in [0.1, 0.15) is 17.6 Å². The van der Waals surface area contributed by atoms with Crippen LogP contribution in [0.15, 0.2) is 36.5 Å². The SMILES string of the molecule is N#Cc1ncccc1CNc1ccc(F)cc1Cl. The molecule has 0 aliphatic carbocycles. The summed E-state index contributed by atoms with van der Waals surface area (Å²) in [6, 6.07) is 9.68. The van der Waals surface area contributed by atoms with E-state index in [1.165, 1.54) is 12.1 Å². The van der Waals surface area contributed by atoms with Crippen LogP contribution in [0.3, 0.4) is 0 Å². The number of hydrogen-bond acceptors (Lipinski definition) is 3. The number of anilines is 1. The van der Waals surface area contributed by atoms with Crippen molar-refractivity contribution in [2.45, 2.75) is 6.54 Å². The third kappa shape index (κ3) is 2.76. The van der Waals surface area contributed by atoms with Crippen LogP contribution >= 0.6 is 11.6 Å². The Morgan fingerprint density at radius 2 is 2.22 bits per heavy atom. The predicted molar refractivity (Wildman–Crippen MR) is 67.7 cm³/mol. The Kier molecular flexibility index (Phi) is 3.75. The van der Waals surface area contributed by atoms with E-state index in [0.717, 1.165) is 5.56 Å². The van der Waals surface area contributed by atoms with Gasteiger partial charge in [-0.15, -0.1) is 0 Å². The van der Waals surface area contributed by atoms with Crippen molar-refractivity contribution in [2.75, 3.05) is 5.32 Å². The second-order valence-electron chi connectivity index (χ2n) is 3.60. The normalized spacial score (nSPS) is 9.83. The van der Waals surface area contributed by atoms with Crippen molar-refractivity contribution in [3.05, 3.63) is 58.6 Å². The number of halogens is 2. The highest BCUT2D eigenvalue weighted by molar-refractivity contribution is 6.33. The second kappa shape index (κ2) is 5.48. The van der Waals surface area contributed by atoms with Crippen LogP contribution in [0.25, 0.3) is 0 Å². The van der Waals surface area contributed by atoms with Crippen LogP contribution in [-0.4, -0.2) is 4.98 Å². The number of hydrogen-bond donors (Lipinski definition) is 1. The van der Waals surface area contributed by atoms with Gasteiger partial charge in [0, 0.05) is 18.3 Å². The van der Waals surface area contributed by atoms with Crippen molar-refractivity contribution < 1.29 is 4.39 Å². The van der Waals surface area contributed by atoms with Gasteiger partial charge in [0.2, 0.25) is 0 Å². The number of pyridine rings is 1. The molecule has 0 saturated heterocycles. The van der Waals surface area contributed by atoms with Crippen LogP contribution in [0, 0.1) is 17.1 Å². The molecule has 0 unspecified atom stereocenters. The van der Waals surface area contributed by atoms with Gasteiger partial charge in [-0.3, -0.25) is 0 Å². The van der Waals surface area contributed by atoms with E-state index in [-0.39, 0.29) is 5.82 Å². The van der Waals surface area contributed by atoms with E-state index in [1.807, 2.05) is 6.07 Å². The van der Waals surface area contributed by atoms with Crippen LogP contribution in [-0.2, 0) is 6.54 Å². The minimum absolute atomic E-state index is 0.303. The van der Waals surface area contributed by atoms with E-state index in [2.05, 4.69) is 10.3 Å². The molecule has 1 heterocycles. The van der Waals surface area contributed by atoms with E-state index in [1.54, 1.807) is 24.4 Å². The highest BCUT2D eigenvalue weighted by Crippen LogP contribution is 2.23. The van der Waals surface area contributed by atoms with Crippen molar-refractivity contribution in [2.24, 2.45) is 0 Å². The Morgan fingerprint density at radius 3 is 2.94 bits per heavy atom. The predicted octanol–water partition coefficient (Wildman–Crippen LogP) is 3.36. The summed E-state index contributed by atoms with van der Waals surface area (Å²) in [4.78, 5) is 3.95. The molecule has 0 aliphatic rings. The summed E-state index contributed by atoms with van der Waals surface area (Å²) in [7, 11) is 0. The lowest BCUT2D eigenvalue weighted by Gasteiger charge is -2.09. The largest absolute Gasteiger partial charge is 0.380 e. The molecule has 0 bridgehead atoms. The van der Waals surface area contributed by atoms with Crippen molar-refractivity contribution in [3.8, 4) is 6.07 Å². The highest BCUT2D eigenvalue weighted by atomic mass is 35.5. The van der Waals surface area contributed by atoms with Crippen LogP contribution in [0.2, 0.25) is 5.02 Å². The number of nitrogens with one attached hydrogen (secondary N) is 1. The summed E-state index contributed by atoms with van der Waals surface area (Å²) in [5, 5.41) is 12.2. The van der Waals surface area contributed by atoms with Gasteiger partial charge in [-0.1, -0.05) is 17.7 Å². The van der Waals surface area contributed by atoms with Crippen LogP contribution < -0.4 is 5.32 Å². The maximum atomic E-state index is 12.9. The molecule has 1 N–H and O–H groups in total. The monoisotopic (exact) mass is 261 g/mol. The first kappa shape index (κ1) is 12.3. The quantitative estimate of drug-likeness (QED) is 0.922. The Bertz CT molecular complexity index is 607. The molecule has 18 heavy (non-hydrogen) atoms. The summed E-state index contributed by atoms with van der Waals surface area (Å²) in [5.41, 5.74) is 1.74. The minimum atomic E-state index is -0.385. The average molecular weight is 262 g/mol. The zero-order chi connectivity index (χ0) is 13.0. The molecule has 0 aliphatic heterocycles. The fourth-order valence-corrected chi connectivity index (χ4v) is 1.74. The molecule has 2 aromatic rings. The van der Waals surface area contributed by atoms with E-state index in [0.29, 0.717) is 22.9 Å². The number of aromatic nitrogens is 1. The van der Waals surface area contributed by atoms with E-state index in [9.17, 15) is 4.39 Å². The standard InChI is InChI=1S/C13H9ClFN3/c14-11-6-10(15)3-4-12(11)18-8-9-2-1-5-17-13(9)7-16/h1-6,18H,8H2. The first-order valence-corrected chi connectivity index (χ1v) is 5.61. The lowest BCUT2D eigenvalue weighted by atomic mass is 10.2. The zero-order valence-electron chi connectivity index (χ0n) is 9.32. The fraction of sp³-hybridized carbons (Fsp3) is 0.0769. The second-order valence-corrected chi connectivity index (χ2v) is 4.01. The van der Waals surface area contributed by atoms with Gasteiger partial charge in [0.15, 0.2) is 0 Å². The van der Waals surface area contributed by atoms with Crippen molar-refractivity contribution in [1.29, 1.82) is 5.26 Å². The lowest BCUT2D eigenvalue weighted by molar-refractivity contribution is 0.628. The third-order valence-corrected chi connectivity index (χ3v) is 2.71. The molecule has 90 valence electrons. The fourth-order valence-electron chi connectivity index (χ4n) is 1.51. The Labute approximate surface area is 109 Å². The van der Waals surface area contributed by atoms with Crippen LogP contribution in [0.4, 0.5) is 10.1 Å². The first-order chi connectivity index (χ1) is 8.70. The summed E-state index contributed by atoms with van der Waals surface area (Å²) in [6.07, 6.45) is 1.56. The van der Waals surface area contributed by atoms with Crippen LogP contribution in [0.5, 0.6) is 0 Å². The van der Waals surface area contributed by atoms with Gasteiger partial charge in [0.05, 0.1) is 10.7 Å². The molecule has 1 aromatic carbocycles. The summed E-state index contributed by atoms with van der Waals surface area (Å²) in [6.45, 7) is 0.405.